The first-order valence-electron chi connectivity index (χ1n) is 10.7. The Hall–Kier alpha value is -3.18. The number of aromatic nitrogens is 1. The summed E-state index contributed by atoms with van der Waals surface area (Å²) in [6.07, 6.45) is 3.06. The maximum atomic E-state index is 11.9. The number of amides is 3. The highest BCUT2D eigenvalue weighted by atomic mass is 32.1. The lowest BCUT2D eigenvalue weighted by atomic mass is 9.86. The zero-order valence-electron chi connectivity index (χ0n) is 18.5. The van der Waals surface area contributed by atoms with Gasteiger partial charge in [-0.25, -0.2) is 14.6 Å². The van der Waals surface area contributed by atoms with Crippen molar-refractivity contribution in [2.75, 3.05) is 17.2 Å². The molecule has 1 saturated carbocycles. The molecular weight excluding hydrogens is 448 g/mol. The molecule has 0 spiro atoms. The fourth-order valence-corrected chi connectivity index (χ4v) is 4.88. The summed E-state index contributed by atoms with van der Waals surface area (Å²) in [6, 6.07) is 5.05. The molecule has 1 fully saturated rings. The Morgan fingerprint density at radius 1 is 1.18 bits per heavy atom. The zero-order chi connectivity index (χ0) is 24.0. The van der Waals surface area contributed by atoms with E-state index >= 15 is 0 Å². The molecule has 0 saturated heterocycles. The Balaban J connectivity index is 1.77. The number of rotatable bonds is 7. The summed E-state index contributed by atoms with van der Waals surface area (Å²) in [7, 11) is 0. The van der Waals surface area contributed by atoms with Crippen LogP contribution in [0.15, 0.2) is 24.4 Å². The van der Waals surface area contributed by atoms with Gasteiger partial charge in [-0.1, -0.05) is 0 Å². The predicted octanol–water partition coefficient (Wildman–Crippen LogP) is 3.99. The van der Waals surface area contributed by atoms with Gasteiger partial charge in [0, 0.05) is 29.4 Å². The fraction of sp³-hybridized carbons (Fsp3) is 0.455. The molecule has 3 rings (SSSR count). The first kappa shape index (κ1) is 24.5. The molecule has 3 amide bonds. The Morgan fingerprint density at radius 2 is 1.91 bits per heavy atom. The van der Waals surface area contributed by atoms with Gasteiger partial charge in [0.2, 0.25) is 5.91 Å². The third-order valence-corrected chi connectivity index (χ3v) is 6.41. The normalized spacial score (nSPS) is 17.9. The quantitative estimate of drug-likeness (QED) is 0.405. The van der Waals surface area contributed by atoms with Gasteiger partial charge in [0.15, 0.2) is 0 Å². The van der Waals surface area contributed by atoms with Gasteiger partial charge in [0.05, 0.1) is 21.7 Å². The van der Waals surface area contributed by atoms with E-state index in [2.05, 4.69) is 20.9 Å². The van der Waals surface area contributed by atoms with Gasteiger partial charge in [0.25, 0.3) is 0 Å². The van der Waals surface area contributed by atoms with Crippen molar-refractivity contribution in [2.45, 2.75) is 57.6 Å². The van der Waals surface area contributed by atoms with Crippen LogP contribution < -0.4 is 16.0 Å². The number of aliphatic hydroxyl groups is 1. The van der Waals surface area contributed by atoms with Crippen molar-refractivity contribution in [3.8, 4) is 10.4 Å². The molecule has 5 N–H and O–H groups in total. The number of carbonyl (C=O) groups is 3. The Labute approximate surface area is 195 Å². The van der Waals surface area contributed by atoms with Crippen LogP contribution in [-0.4, -0.2) is 52.0 Å². The number of anilines is 2. The molecule has 0 bridgehead atoms. The molecule has 10 nitrogen and oxygen atoms in total. The van der Waals surface area contributed by atoms with Crippen LogP contribution in [0.4, 0.5) is 21.0 Å². The summed E-state index contributed by atoms with van der Waals surface area (Å²) in [5, 5.41) is 26.8. The minimum absolute atomic E-state index is 0.0269. The molecule has 1 heterocycles. The summed E-state index contributed by atoms with van der Waals surface area (Å²) >= 11 is 1.51. The second kappa shape index (κ2) is 11.1. The Bertz CT molecular complexity index is 1000. The van der Waals surface area contributed by atoms with Gasteiger partial charge in [-0.05, 0) is 57.7 Å². The van der Waals surface area contributed by atoms with Crippen LogP contribution in [0.2, 0.25) is 0 Å². The van der Waals surface area contributed by atoms with E-state index in [-0.39, 0.29) is 18.1 Å². The molecular formula is C22H28N4O6S. The highest BCUT2D eigenvalue weighted by molar-refractivity contribution is 7.15. The van der Waals surface area contributed by atoms with Gasteiger partial charge in [-0.2, -0.15) is 0 Å². The van der Waals surface area contributed by atoms with Crippen molar-refractivity contribution >= 4 is 40.8 Å². The highest BCUT2D eigenvalue weighted by Crippen LogP contribution is 2.40. The minimum atomic E-state index is -0.997. The number of thiazole rings is 1. The first-order chi connectivity index (χ1) is 15.7. The summed E-state index contributed by atoms with van der Waals surface area (Å²) < 4.78 is 5.09. The lowest BCUT2D eigenvalue weighted by Gasteiger charge is -2.27. The van der Waals surface area contributed by atoms with Crippen molar-refractivity contribution in [3.63, 3.8) is 0 Å². The van der Waals surface area contributed by atoms with E-state index in [1.54, 1.807) is 38.2 Å². The van der Waals surface area contributed by atoms with Crippen LogP contribution in [0, 0.1) is 0 Å². The molecule has 0 aliphatic heterocycles. The third-order valence-electron chi connectivity index (χ3n) is 5.22. The molecule has 1 aromatic carbocycles. The molecule has 33 heavy (non-hydrogen) atoms. The number of nitrogens with zero attached hydrogens (tertiary/aromatic N) is 1. The average Bonchev–Trinajstić information content (AvgIpc) is 3.23. The summed E-state index contributed by atoms with van der Waals surface area (Å²) in [5.74, 6) is -0.329. The summed E-state index contributed by atoms with van der Waals surface area (Å²) in [4.78, 5) is 40.0. The molecule has 11 heteroatoms. The van der Waals surface area contributed by atoms with Crippen LogP contribution in [0.5, 0.6) is 0 Å². The zero-order valence-corrected chi connectivity index (χ0v) is 19.3. The molecule has 1 aliphatic carbocycles. The second-order valence-electron chi connectivity index (χ2n) is 8.11. The molecule has 0 unspecified atom stereocenters. The van der Waals surface area contributed by atoms with Crippen LogP contribution >= 0.6 is 11.3 Å². The standard InChI is InChI=1S/C22H28N4O6S/c1-12(2)32-22(31)25-15-7-8-16(17(9-15)26-19(28)11-27)18-10-23-20(33-18)13-3-5-14(6-4-13)24-21(29)30/h7-10,12-14,24,27H,3-6,11H2,1-2H3,(H,25,31)(H,26,28)(H,29,30)/t13-,14-. The number of hydrogen-bond acceptors (Lipinski definition) is 7. The highest BCUT2D eigenvalue weighted by Gasteiger charge is 2.26. The van der Waals surface area contributed by atoms with Crippen molar-refractivity contribution in [3.05, 3.63) is 29.4 Å². The second-order valence-corrected chi connectivity index (χ2v) is 9.17. The van der Waals surface area contributed by atoms with Crippen LogP contribution in [0.3, 0.4) is 0 Å². The van der Waals surface area contributed by atoms with E-state index in [1.807, 2.05) is 0 Å². The maximum absolute atomic E-state index is 11.9. The number of nitrogens with one attached hydrogen (secondary N) is 3. The molecule has 1 aromatic heterocycles. The Morgan fingerprint density at radius 3 is 2.55 bits per heavy atom. The van der Waals surface area contributed by atoms with E-state index < -0.39 is 24.7 Å². The molecule has 2 aromatic rings. The van der Waals surface area contributed by atoms with E-state index in [0.29, 0.717) is 16.9 Å². The van der Waals surface area contributed by atoms with Crippen molar-refractivity contribution in [1.82, 2.24) is 10.3 Å². The van der Waals surface area contributed by atoms with Gasteiger partial charge < -0.3 is 25.6 Å². The van der Waals surface area contributed by atoms with Crippen molar-refractivity contribution in [2.24, 2.45) is 0 Å². The molecule has 178 valence electrons. The van der Waals surface area contributed by atoms with E-state index in [1.165, 1.54) is 11.3 Å². The summed E-state index contributed by atoms with van der Waals surface area (Å²) in [6.45, 7) is 2.81. The van der Waals surface area contributed by atoms with Crippen molar-refractivity contribution < 1.29 is 29.3 Å². The molecule has 0 radical (unpaired) electrons. The van der Waals surface area contributed by atoms with Crippen LogP contribution in [0.25, 0.3) is 10.4 Å². The topological polar surface area (TPSA) is 150 Å². The monoisotopic (exact) mass is 476 g/mol. The number of carbonyl (C=O) groups excluding carboxylic acids is 2. The third kappa shape index (κ3) is 6.90. The number of benzene rings is 1. The largest absolute Gasteiger partial charge is 0.465 e. The van der Waals surface area contributed by atoms with E-state index in [0.717, 1.165) is 35.6 Å². The molecule has 1 aliphatic rings. The summed E-state index contributed by atoms with van der Waals surface area (Å²) in [5.41, 5.74) is 1.58. The maximum Gasteiger partial charge on any atom is 0.411 e. The lowest BCUT2D eigenvalue weighted by Crippen LogP contribution is -2.36. The van der Waals surface area contributed by atoms with Crippen LogP contribution in [0.1, 0.15) is 50.5 Å². The number of ether oxygens (including phenoxy) is 1. The number of aliphatic hydroxyl groups excluding tert-OH is 1. The lowest BCUT2D eigenvalue weighted by molar-refractivity contribution is -0.118. The predicted molar refractivity (Wildman–Crippen MR) is 125 cm³/mol. The smallest absolute Gasteiger partial charge is 0.411 e. The van der Waals surface area contributed by atoms with Gasteiger partial charge in [-0.3, -0.25) is 10.1 Å². The minimum Gasteiger partial charge on any atom is -0.465 e. The van der Waals surface area contributed by atoms with Gasteiger partial charge in [0.1, 0.15) is 6.61 Å². The van der Waals surface area contributed by atoms with E-state index in [4.69, 9.17) is 14.9 Å². The van der Waals surface area contributed by atoms with Crippen molar-refractivity contribution in [1.29, 1.82) is 0 Å². The number of carboxylic acid groups (broad SMARTS) is 1. The van der Waals surface area contributed by atoms with Gasteiger partial charge in [-0.15, -0.1) is 11.3 Å². The SMILES string of the molecule is CC(C)OC(=O)Nc1ccc(-c2cnc([C@H]3CC[C@H](NC(=O)O)CC3)s2)c(NC(=O)CO)c1. The Kier molecular flexibility index (Phi) is 8.23. The van der Waals surface area contributed by atoms with Crippen LogP contribution in [-0.2, 0) is 9.53 Å². The van der Waals surface area contributed by atoms with Gasteiger partial charge >= 0.3 is 12.2 Å². The first-order valence-corrected chi connectivity index (χ1v) is 11.5. The molecule has 0 atom stereocenters. The van der Waals surface area contributed by atoms with E-state index in [9.17, 15) is 14.4 Å². The fourth-order valence-electron chi connectivity index (χ4n) is 3.75. The number of hydrogen-bond donors (Lipinski definition) is 5. The average molecular weight is 477 g/mol.